The van der Waals surface area contributed by atoms with E-state index >= 15 is 0 Å². The van der Waals surface area contributed by atoms with Crippen LogP contribution in [-0.4, -0.2) is 28.9 Å². The molecule has 98 valence electrons. The summed E-state index contributed by atoms with van der Waals surface area (Å²) in [4.78, 5) is 20.9. The third-order valence-corrected chi connectivity index (χ3v) is 2.17. The minimum atomic E-state index is -1.02. The Kier molecular flexibility index (Phi) is 7.46. The lowest BCUT2D eigenvalue weighted by atomic mass is 10.2. The zero-order valence-corrected chi connectivity index (χ0v) is 11.1. The molecule has 4 nitrogen and oxygen atoms in total. The molecule has 1 aliphatic rings. The van der Waals surface area contributed by atoms with E-state index < -0.39 is 5.97 Å². The van der Waals surface area contributed by atoms with Gasteiger partial charge in [0.15, 0.2) is 5.78 Å². The maximum absolute atomic E-state index is 10.8. The molecule has 1 fully saturated rings. The quantitative estimate of drug-likeness (QED) is 0.743. The molecule has 17 heavy (non-hydrogen) atoms. The van der Waals surface area contributed by atoms with E-state index in [4.69, 9.17) is 5.11 Å². The molecule has 0 amide bonds. The SMILES string of the molecule is CC(C)NC(C)C.O=C(O)/C=C1\CCCC1=O. The first kappa shape index (κ1) is 15.8. The predicted molar refractivity (Wildman–Crippen MR) is 68.0 cm³/mol. The molecule has 1 aliphatic carbocycles. The van der Waals surface area contributed by atoms with Crippen LogP contribution in [0.25, 0.3) is 0 Å². The number of hydrogen-bond donors (Lipinski definition) is 2. The van der Waals surface area contributed by atoms with Crippen molar-refractivity contribution in [3.63, 3.8) is 0 Å². The Balaban J connectivity index is 0.000000325. The first-order valence-electron chi connectivity index (χ1n) is 6.05. The van der Waals surface area contributed by atoms with E-state index in [0.29, 0.717) is 30.5 Å². The topological polar surface area (TPSA) is 66.4 Å². The van der Waals surface area contributed by atoms with Crippen molar-refractivity contribution in [3.8, 4) is 0 Å². The van der Waals surface area contributed by atoms with Gasteiger partial charge in [0, 0.05) is 30.2 Å². The fourth-order valence-corrected chi connectivity index (χ4v) is 1.71. The number of Topliss-reactive ketones (excluding diaryl/α,β-unsaturated/α-hetero) is 1. The predicted octanol–water partition coefficient (Wildman–Crippen LogP) is 2.14. The molecule has 0 aliphatic heterocycles. The van der Waals surface area contributed by atoms with Crippen LogP contribution in [0.3, 0.4) is 0 Å². The van der Waals surface area contributed by atoms with Crippen LogP contribution in [0.5, 0.6) is 0 Å². The number of aliphatic carboxylic acids is 1. The van der Waals surface area contributed by atoms with Crippen LogP contribution in [0.1, 0.15) is 47.0 Å². The molecule has 0 aromatic carbocycles. The smallest absolute Gasteiger partial charge is 0.328 e. The minimum absolute atomic E-state index is 0.0117. The summed E-state index contributed by atoms with van der Waals surface area (Å²) in [6.45, 7) is 8.61. The van der Waals surface area contributed by atoms with Crippen LogP contribution in [0, 0.1) is 0 Å². The summed E-state index contributed by atoms with van der Waals surface area (Å²) in [5.41, 5.74) is 0.465. The van der Waals surface area contributed by atoms with E-state index in [1.54, 1.807) is 0 Å². The van der Waals surface area contributed by atoms with Gasteiger partial charge in [0.1, 0.15) is 0 Å². The Morgan fingerprint density at radius 3 is 2.00 bits per heavy atom. The Hall–Kier alpha value is -1.16. The minimum Gasteiger partial charge on any atom is -0.478 e. The standard InChI is InChI=1S/C7H8O3.C6H15N/c8-6-3-1-2-5(6)4-7(9)10;1-5(2)7-6(3)4/h4H,1-3H2,(H,9,10);5-7H,1-4H3/b5-4+;. The van der Waals surface area contributed by atoms with Gasteiger partial charge in [0.2, 0.25) is 0 Å². The maximum atomic E-state index is 10.8. The first-order valence-corrected chi connectivity index (χ1v) is 6.05. The molecule has 4 heteroatoms. The fraction of sp³-hybridized carbons (Fsp3) is 0.692. The Labute approximate surface area is 103 Å². The van der Waals surface area contributed by atoms with Crippen LogP contribution < -0.4 is 5.32 Å². The third kappa shape index (κ3) is 8.63. The van der Waals surface area contributed by atoms with Gasteiger partial charge in [-0.25, -0.2) is 4.79 Å². The molecule has 0 saturated heterocycles. The largest absolute Gasteiger partial charge is 0.478 e. The molecule has 0 atom stereocenters. The maximum Gasteiger partial charge on any atom is 0.328 e. The number of rotatable bonds is 3. The van der Waals surface area contributed by atoms with Gasteiger partial charge in [-0.2, -0.15) is 0 Å². The molecule has 0 aromatic rings. The molecule has 0 aromatic heterocycles. The van der Waals surface area contributed by atoms with Crippen molar-refractivity contribution in [2.24, 2.45) is 0 Å². The van der Waals surface area contributed by atoms with Gasteiger partial charge in [-0.3, -0.25) is 4.79 Å². The molecule has 1 rings (SSSR count). The number of hydrogen-bond acceptors (Lipinski definition) is 3. The van der Waals surface area contributed by atoms with Crippen LogP contribution in [0.2, 0.25) is 0 Å². The summed E-state index contributed by atoms with van der Waals surface area (Å²) >= 11 is 0. The highest BCUT2D eigenvalue weighted by Crippen LogP contribution is 2.19. The van der Waals surface area contributed by atoms with Gasteiger partial charge in [-0.15, -0.1) is 0 Å². The first-order chi connectivity index (χ1) is 7.82. The molecule has 0 radical (unpaired) electrons. The molecule has 2 N–H and O–H groups in total. The summed E-state index contributed by atoms with van der Waals surface area (Å²) in [5, 5.41) is 11.6. The molecule has 0 spiro atoms. The molecule has 0 heterocycles. The molecule has 1 saturated carbocycles. The second-order valence-electron chi connectivity index (χ2n) is 4.76. The van der Waals surface area contributed by atoms with Crippen LogP contribution in [0.15, 0.2) is 11.6 Å². The van der Waals surface area contributed by atoms with Crippen molar-refractivity contribution in [2.45, 2.75) is 59.0 Å². The fourth-order valence-electron chi connectivity index (χ4n) is 1.71. The normalized spacial score (nSPS) is 17.5. The lowest BCUT2D eigenvalue weighted by Gasteiger charge is -2.10. The highest BCUT2D eigenvalue weighted by atomic mass is 16.4. The highest BCUT2D eigenvalue weighted by Gasteiger charge is 2.17. The molecule has 0 unspecified atom stereocenters. The molecule has 0 bridgehead atoms. The average molecular weight is 241 g/mol. The summed E-state index contributed by atoms with van der Waals surface area (Å²) in [6.07, 6.45) is 2.96. The number of carboxylic acids is 1. The molecular weight excluding hydrogens is 218 g/mol. The lowest BCUT2D eigenvalue weighted by molar-refractivity contribution is -0.131. The van der Waals surface area contributed by atoms with Gasteiger partial charge in [-0.1, -0.05) is 27.7 Å². The van der Waals surface area contributed by atoms with E-state index in [0.717, 1.165) is 12.5 Å². The highest BCUT2D eigenvalue weighted by molar-refractivity contribution is 6.01. The summed E-state index contributed by atoms with van der Waals surface area (Å²) < 4.78 is 0. The van der Waals surface area contributed by atoms with Crippen LogP contribution in [-0.2, 0) is 9.59 Å². The van der Waals surface area contributed by atoms with Gasteiger partial charge in [0.05, 0.1) is 0 Å². The van der Waals surface area contributed by atoms with Crippen molar-refractivity contribution >= 4 is 11.8 Å². The second-order valence-corrected chi connectivity index (χ2v) is 4.76. The van der Waals surface area contributed by atoms with Gasteiger partial charge < -0.3 is 10.4 Å². The van der Waals surface area contributed by atoms with Crippen molar-refractivity contribution in [1.82, 2.24) is 5.32 Å². The van der Waals surface area contributed by atoms with E-state index in [-0.39, 0.29) is 5.78 Å². The number of carboxylic acid groups (broad SMARTS) is 1. The third-order valence-electron chi connectivity index (χ3n) is 2.17. The summed E-state index contributed by atoms with van der Waals surface area (Å²) in [6, 6.07) is 1.25. The van der Waals surface area contributed by atoms with Crippen LogP contribution in [0.4, 0.5) is 0 Å². The van der Waals surface area contributed by atoms with Crippen molar-refractivity contribution < 1.29 is 14.7 Å². The number of ketones is 1. The Morgan fingerprint density at radius 2 is 1.76 bits per heavy atom. The van der Waals surface area contributed by atoms with Gasteiger partial charge >= 0.3 is 5.97 Å². The number of allylic oxidation sites excluding steroid dienone is 1. The molecular formula is C13H23NO3. The zero-order valence-electron chi connectivity index (χ0n) is 11.1. The van der Waals surface area contributed by atoms with E-state index in [1.165, 1.54) is 0 Å². The van der Waals surface area contributed by atoms with Gasteiger partial charge in [0.25, 0.3) is 0 Å². The Morgan fingerprint density at radius 1 is 1.24 bits per heavy atom. The number of nitrogens with one attached hydrogen (secondary N) is 1. The van der Waals surface area contributed by atoms with Crippen molar-refractivity contribution in [2.75, 3.05) is 0 Å². The second kappa shape index (κ2) is 8.01. The van der Waals surface area contributed by atoms with Crippen LogP contribution >= 0.6 is 0 Å². The summed E-state index contributed by atoms with van der Waals surface area (Å²) in [5.74, 6) is -1.03. The van der Waals surface area contributed by atoms with Gasteiger partial charge in [-0.05, 0) is 12.8 Å². The van der Waals surface area contributed by atoms with E-state index in [9.17, 15) is 9.59 Å². The zero-order chi connectivity index (χ0) is 13.4. The van der Waals surface area contributed by atoms with E-state index in [1.807, 2.05) is 0 Å². The number of carbonyl (C=O) groups is 2. The summed E-state index contributed by atoms with van der Waals surface area (Å²) in [7, 11) is 0. The lowest BCUT2D eigenvalue weighted by Crippen LogP contribution is -2.29. The van der Waals surface area contributed by atoms with Crippen molar-refractivity contribution in [1.29, 1.82) is 0 Å². The van der Waals surface area contributed by atoms with Crippen molar-refractivity contribution in [3.05, 3.63) is 11.6 Å². The monoisotopic (exact) mass is 241 g/mol. The average Bonchev–Trinajstić information content (AvgIpc) is 2.49. The van der Waals surface area contributed by atoms with E-state index in [2.05, 4.69) is 33.0 Å². The number of carbonyl (C=O) groups excluding carboxylic acids is 1. The Bertz CT molecular complexity index is 287.